The fourth-order valence-corrected chi connectivity index (χ4v) is 5.83. The number of benzene rings is 2. The third-order valence-electron chi connectivity index (χ3n) is 6.65. The summed E-state index contributed by atoms with van der Waals surface area (Å²) in [5.74, 6) is -1.14. The van der Waals surface area contributed by atoms with Gasteiger partial charge in [-0.2, -0.15) is 14.9 Å². The Morgan fingerprint density at radius 1 is 1.08 bits per heavy atom. The molecule has 4 rings (SSSR count). The fraction of sp³-hybridized carbons (Fsp3) is 0.345. The van der Waals surface area contributed by atoms with Crippen molar-refractivity contribution in [2.75, 3.05) is 0 Å². The minimum absolute atomic E-state index is 0.0805. The highest BCUT2D eigenvalue weighted by molar-refractivity contribution is 6.88. The lowest BCUT2D eigenvalue weighted by Crippen LogP contribution is -2.50. The van der Waals surface area contributed by atoms with Crippen LogP contribution in [0.2, 0.25) is 19.6 Å². The molecule has 39 heavy (non-hydrogen) atoms. The zero-order valence-electron chi connectivity index (χ0n) is 23.5. The lowest BCUT2D eigenvalue weighted by Gasteiger charge is -2.21. The van der Waals surface area contributed by atoms with Crippen molar-refractivity contribution in [1.82, 2.24) is 19.6 Å². The van der Waals surface area contributed by atoms with Crippen LogP contribution in [0.25, 0.3) is 27.7 Å². The number of carbonyl (C=O) groups is 1. The van der Waals surface area contributed by atoms with Crippen LogP contribution in [0.1, 0.15) is 38.8 Å². The number of esters is 1. The van der Waals surface area contributed by atoms with Gasteiger partial charge in [0.15, 0.2) is 0 Å². The third kappa shape index (κ3) is 5.47. The van der Waals surface area contributed by atoms with E-state index in [-0.39, 0.29) is 23.0 Å². The smallest absolute Gasteiger partial charge is 0.302 e. The highest BCUT2D eigenvalue weighted by Crippen LogP contribution is 2.29. The van der Waals surface area contributed by atoms with Gasteiger partial charge >= 0.3 is 5.97 Å². The van der Waals surface area contributed by atoms with Crippen molar-refractivity contribution in [3.8, 4) is 16.9 Å². The molecule has 0 spiro atoms. The van der Waals surface area contributed by atoms with Gasteiger partial charge in [-0.05, 0) is 35.2 Å². The van der Waals surface area contributed by atoms with E-state index in [1.54, 1.807) is 37.4 Å². The Bertz CT molecular complexity index is 1730. The van der Waals surface area contributed by atoms with Gasteiger partial charge in [-0.1, -0.05) is 52.5 Å². The van der Waals surface area contributed by atoms with Crippen molar-refractivity contribution in [3.05, 3.63) is 80.2 Å². The molecule has 2 heterocycles. The predicted octanol–water partition coefficient (Wildman–Crippen LogP) is 4.19. The first kappa shape index (κ1) is 28.1. The molecule has 0 bridgehead atoms. The van der Waals surface area contributed by atoms with E-state index < -0.39 is 25.4 Å². The summed E-state index contributed by atoms with van der Waals surface area (Å²) in [5.41, 5.74) is 1.49. The fourth-order valence-electron chi connectivity index (χ4n) is 4.45. The molecule has 0 N–H and O–H groups in total. The van der Waals surface area contributed by atoms with Crippen LogP contribution in [0.3, 0.4) is 0 Å². The van der Waals surface area contributed by atoms with Gasteiger partial charge in [-0.25, -0.2) is 9.07 Å². The molecular weight excluding hydrogens is 515 g/mol. The molecule has 2 aromatic carbocycles. The number of nitrogens with zero attached hydrogens (tertiary/aromatic N) is 4. The summed E-state index contributed by atoms with van der Waals surface area (Å²) in [6.07, 6.45) is 1.46. The van der Waals surface area contributed by atoms with Crippen molar-refractivity contribution in [1.29, 1.82) is 0 Å². The number of ether oxygens (including phenoxy) is 1. The number of hydrogen-bond donors (Lipinski definition) is 0. The van der Waals surface area contributed by atoms with Gasteiger partial charge in [0.1, 0.15) is 12.4 Å². The number of hydrogen-bond acceptors (Lipinski definition) is 6. The number of halogens is 1. The maximum atomic E-state index is 15.3. The average molecular weight is 549 g/mol. The summed E-state index contributed by atoms with van der Waals surface area (Å²) in [7, 11) is -0.444. The zero-order valence-corrected chi connectivity index (χ0v) is 24.5. The van der Waals surface area contributed by atoms with Crippen molar-refractivity contribution in [3.63, 3.8) is 0 Å². The van der Waals surface area contributed by atoms with Crippen molar-refractivity contribution >= 4 is 30.0 Å². The van der Waals surface area contributed by atoms with Crippen LogP contribution in [-0.2, 0) is 28.6 Å². The third-order valence-corrected chi connectivity index (χ3v) is 8.63. The van der Waals surface area contributed by atoms with Crippen LogP contribution < -0.4 is 16.3 Å². The van der Waals surface area contributed by atoms with Gasteiger partial charge in [-0.3, -0.25) is 14.4 Å². The van der Waals surface area contributed by atoms with Crippen LogP contribution >= 0.6 is 0 Å². The number of fused-ring (bicyclic) bond motifs is 1. The molecule has 0 saturated heterocycles. The van der Waals surface area contributed by atoms with E-state index in [2.05, 4.69) is 29.8 Å². The summed E-state index contributed by atoms with van der Waals surface area (Å²) in [6, 6.07) is 10.1. The van der Waals surface area contributed by atoms with Crippen LogP contribution in [0.15, 0.2) is 52.2 Å². The first-order chi connectivity index (χ1) is 18.1. The monoisotopic (exact) mass is 548 g/mol. The van der Waals surface area contributed by atoms with E-state index in [1.807, 2.05) is 20.8 Å². The number of carbonyl (C=O) groups excluding carboxylic acids is 1. The molecule has 0 aliphatic heterocycles. The molecule has 0 radical (unpaired) electrons. The number of aryl methyl sites for hydroxylation is 1. The standard InChI is InChI=1S/C29H33FN4O4Si/c1-17(35)38-16-21-20(23-14-25(39(6,7)8)27(36)33(5)32-23)10-9-11-24(21)34-28(37)26-18(15-31-34)12-19(13-22(26)30)29(2,3)4/h9-15H,16H2,1-8H3. The summed E-state index contributed by atoms with van der Waals surface area (Å²) in [6.45, 7) is 13.2. The molecule has 0 atom stereocenters. The largest absolute Gasteiger partial charge is 0.461 e. The Morgan fingerprint density at radius 2 is 1.77 bits per heavy atom. The minimum atomic E-state index is -2.04. The summed E-state index contributed by atoms with van der Waals surface area (Å²) in [5, 5.41) is 9.87. The van der Waals surface area contributed by atoms with E-state index in [1.165, 1.54) is 23.9 Å². The Morgan fingerprint density at radius 3 is 2.38 bits per heavy atom. The van der Waals surface area contributed by atoms with Gasteiger partial charge in [0.05, 0.1) is 31.0 Å². The zero-order chi connectivity index (χ0) is 28.9. The predicted molar refractivity (Wildman–Crippen MR) is 153 cm³/mol. The highest BCUT2D eigenvalue weighted by atomic mass is 28.3. The Kier molecular flexibility index (Phi) is 7.20. The van der Waals surface area contributed by atoms with Crippen LogP contribution in [0.5, 0.6) is 0 Å². The van der Waals surface area contributed by atoms with Gasteiger partial charge in [0.2, 0.25) is 0 Å². The van der Waals surface area contributed by atoms with Gasteiger partial charge in [-0.15, -0.1) is 0 Å². The second kappa shape index (κ2) is 9.99. The minimum Gasteiger partial charge on any atom is -0.461 e. The lowest BCUT2D eigenvalue weighted by molar-refractivity contribution is -0.142. The second-order valence-electron chi connectivity index (χ2n) is 11.7. The molecule has 0 aliphatic rings. The van der Waals surface area contributed by atoms with Crippen LogP contribution in [0.4, 0.5) is 4.39 Å². The van der Waals surface area contributed by atoms with E-state index in [0.29, 0.717) is 33.1 Å². The number of rotatable bonds is 5. The first-order valence-electron chi connectivity index (χ1n) is 12.7. The topological polar surface area (TPSA) is 96.1 Å². The van der Waals surface area contributed by atoms with E-state index >= 15 is 4.39 Å². The molecule has 10 heteroatoms. The summed E-state index contributed by atoms with van der Waals surface area (Å²) >= 11 is 0. The molecule has 2 aromatic heterocycles. The Balaban J connectivity index is 2.01. The SMILES string of the molecule is CC(=O)OCc1c(-c2cc([Si](C)(C)C)c(=O)n(C)n2)cccc1-n1ncc2cc(C(C)(C)C)cc(F)c2c1=O. The van der Waals surface area contributed by atoms with E-state index in [4.69, 9.17) is 4.74 Å². The molecule has 0 amide bonds. The maximum absolute atomic E-state index is 15.3. The second-order valence-corrected chi connectivity index (χ2v) is 16.8. The van der Waals surface area contributed by atoms with Crippen LogP contribution in [0, 0.1) is 5.82 Å². The summed E-state index contributed by atoms with van der Waals surface area (Å²) < 4.78 is 23.1. The van der Waals surface area contributed by atoms with Gasteiger partial charge < -0.3 is 4.74 Å². The maximum Gasteiger partial charge on any atom is 0.302 e. The average Bonchev–Trinajstić information content (AvgIpc) is 2.82. The molecule has 8 nitrogen and oxygen atoms in total. The van der Waals surface area contributed by atoms with Crippen molar-refractivity contribution in [2.24, 2.45) is 7.05 Å². The molecule has 4 aromatic rings. The van der Waals surface area contributed by atoms with Crippen LogP contribution in [-0.4, -0.2) is 33.6 Å². The molecule has 0 saturated carbocycles. The normalized spacial score (nSPS) is 12.1. The Labute approximate surface area is 227 Å². The van der Waals surface area contributed by atoms with Gasteiger partial charge in [0.25, 0.3) is 11.1 Å². The molecule has 0 aliphatic carbocycles. The van der Waals surface area contributed by atoms with Crippen molar-refractivity contribution < 1.29 is 13.9 Å². The molecule has 0 fully saturated rings. The van der Waals surface area contributed by atoms with E-state index in [9.17, 15) is 14.4 Å². The molecule has 0 unspecified atom stereocenters. The van der Waals surface area contributed by atoms with Crippen molar-refractivity contribution in [2.45, 2.75) is 59.4 Å². The highest BCUT2D eigenvalue weighted by Gasteiger charge is 2.25. The quantitative estimate of drug-likeness (QED) is 0.274. The summed E-state index contributed by atoms with van der Waals surface area (Å²) in [4.78, 5) is 38.3. The lowest BCUT2D eigenvalue weighted by atomic mass is 9.86. The molecular formula is C29H33FN4O4Si. The molecule has 204 valence electrons. The Hall–Kier alpha value is -3.92. The number of aromatic nitrogens is 4. The first-order valence-corrected chi connectivity index (χ1v) is 16.2. The van der Waals surface area contributed by atoms with E-state index in [0.717, 1.165) is 10.2 Å². The van der Waals surface area contributed by atoms with Gasteiger partial charge in [0, 0.05) is 35.7 Å².